The van der Waals surface area contributed by atoms with Crippen LogP contribution in [0.15, 0.2) is 23.6 Å². The molecule has 0 atom stereocenters. The number of para-hydroxylation sites is 1. The lowest BCUT2D eigenvalue weighted by Crippen LogP contribution is -2.12. The van der Waals surface area contributed by atoms with Gasteiger partial charge in [-0.15, -0.1) is 11.3 Å². The molecule has 1 N–H and O–H groups in total. The minimum absolute atomic E-state index is 0.161. The van der Waals surface area contributed by atoms with Crippen LogP contribution in [-0.2, 0) is 0 Å². The van der Waals surface area contributed by atoms with Crippen molar-refractivity contribution < 1.29 is 4.79 Å². The van der Waals surface area contributed by atoms with Gasteiger partial charge >= 0.3 is 0 Å². The zero-order valence-electron chi connectivity index (χ0n) is 14.0. The number of nitrogens with zero attached hydrogens (tertiary/aromatic N) is 3. The van der Waals surface area contributed by atoms with E-state index < -0.39 is 0 Å². The van der Waals surface area contributed by atoms with Crippen molar-refractivity contribution >= 4 is 45.0 Å². The first-order valence-corrected chi connectivity index (χ1v) is 9.07. The molecule has 0 fully saturated rings. The van der Waals surface area contributed by atoms with Gasteiger partial charge in [-0.2, -0.15) is 0 Å². The molecule has 24 heavy (non-hydrogen) atoms. The summed E-state index contributed by atoms with van der Waals surface area (Å²) in [6.07, 6.45) is 0. The number of nitrogens with one attached hydrogen (secondary N) is 1. The van der Waals surface area contributed by atoms with Crippen LogP contribution in [0.1, 0.15) is 55.7 Å². The van der Waals surface area contributed by atoms with E-state index in [2.05, 4.69) is 29.1 Å². The van der Waals surface area contributed by atoms with Gasteiger partial charge in [0.2, 0.25) is 5.28 Å². The first-order valence-electron chi connectivity index (χ1n) is 7.81. The fraction of sp³-hybridized carbons (Fsp3) is 0.353. The fourth-order valence-corrected chi connectivity index (χ4v) is 3.77. The van der Waals surface area contributed by atoms with E-state index >= 15 is 0 Å². The van der Waals surface area contributed by atoms with Gasteiger partial charge in [0.05, 0.1) is 16.8 Å². The number of hydrogen-bond acceptors (Lipinski definition) is 4. The summed E-state index contributed by atoms with van der Waals surface area (Å²) < 4.78 is 1.91. The van der Waals surface area contributed by atoms with Crippen LogP contribution in [-0.4, -0.2) is 20.4 Å². The maximum atomic E-state index is 12.7. The highest BCUT2D eigenvalue weighted by atomic mass is 35.5. The highest BCUT2D eigenvalue weighted by Gasteiger charge is 2.19. The molecule has 0 saturated heterocycles. The van der Waals surface area contributed by atoms with Crippen molar-refractivity contribution in [2.75, 3.05) is 5.32 Å². The second-order valence-electron chi connectivity index (χ2n) is 6.20. The first kappa shape index (κ1) is 16.9. The van der Waals surface area contributed by atoms with Gasteiger partial charge in [-0.1, -0.05) is 19.9 Å². The van der Waals surface area contributed by atoms with Gasteiger partial charge in [0.25, 0.3) is 5.91 Å². The highest BCUT2D eigenvalue weighted by molar-refractivity contribution is 7.14. The lowest BCUT2D eigenvalue weighted by atomic mass is 10.1. The number of halogens is 1. The Labute approximate surface area is 149 Å². The van der Waals surface area contributed by atoms with E-state index in [1.807, 2.05) is 35.9 Å². The maximum Gasteiger partial charge on any atom is 0.259 e. The molecule has 2 aromatic heterocycles. The summed E-state index contributed by atoms with van der Waals surface area (Å²) in [5.41, 5.74) is 2.93. The van der Waals surface area contributed by atoms with Crippen LogP contribution in [0.5, 0.6) is 0 Å². The minimum atomic E-state index is -0.227. The Kier molecular flexibility index (Phi) is 4.60. The van der Waals surface area contributed by atoms with Crippen molar-refractivity contribution in [2.45, 2.75) is 39.7 Å². The van der Waals surface area contributed by atoms with Crippen molar-refractivity contribution in [3.63, 3.8) is 0 Å². The highest BCUT2D eigenvalue weighted by Crippen LogP contribution is 2.28. The number of aromatic nitrogens is 3. The van der Waals surface area contributed by atoms with Gasteiger partial charge in [-0.25, -0.2) is 9.97 Å². The molecule has 3 rings (SSSR count). The summed E-state index contributed by atoms with van der Waals surface area (Å²) >= 11 is 7.67. The number of thiazole rings is 1. The zero-order valence-corrected chi connectivity index (χ0v) is 15.6. The largest absolute Gasteiger partial charge is 0.312 e. The van der Waals surface area contributed by atoms with Crippen molar-refractivity contribution in [1.29, 1.82) is 0 Å². The van der Waals surface area contributed by atoms with E-state index in [0.29, 0.717) is 27.4 Å². The topological polar surface area (TPSA) is 59.8 Å². The van der Waals surface area contributed by atoms with Gasteiger partial charge in [-0.05, 0) is 43.5 Å². The number of carbonyl (C=O) groups is 1. The van der Waals surface area contributed by atoms with Crippen molar-refractivity contribution in [1.82, 2.24) is 14.5 Å². The average molecular weight is 363 g/mol. The molecule has 0 aliphatic heterocycles. The van der Waals surface area contributed by atoms with Crippen LogP contribution >= 0.6 is 22.9 Å². The lowest BCUT2D eigenvalue weighted by molar-refractivity contribution is 0.102. The number of benzene rings is 1. The number of rotatable bonds is 4. The Morgan fingerprint density at radius 2 is 2.00 bits per heavy atom. The summed E-state index contributed by atoms with van der Waals surface area (Å²) in [7, 11) is 0. The number of hydrogen-bond donors (Lipinski definition) is 1. The Balaban J connectivity index is 1.96. The molecule has 1 amide bonds. The first-order chi connectivity index (χ1) is 11.4. The second-order valence-corrected chi connectivity index (χ2v) is 7.40. The molecule has 0 saturated carbocycles. The van der Waals surface area contributed by atoms with Crippen LogP contribution in [0, 0.1) is 0 Å². The molecular weight excluding hydrogens is 344 g/mol. The molecule has 2 heterocycles. The Hall–Kier alpha value is -1.92. The standard InChI is InChI=1S/C17H19ClN4OS/c1-9(2)12-8-24-17(19-12)21-15(23)11-6-5-7-13-14(11)20-16(18)22(13)10(3)4/h5-10H,1-4H3,(H,19,21,23). The van der Waals surface area contributed by atoms with E-state index in [9.17, 15) is 4.79 Å². The molecule has 0 spiro atoms. The molecule has 126 valence electrons. The second kappa shape index (κ2) is 6.53. The minimum Gasteiger partial charge on any atom is -0.312 e. The van der Waals surface area contributed by atoms with Crippen LogP contribution in [0.2, 0.25) is 5.28 Å². The smallest absolute Gasteiger partial charge is 0.259 e. The van der Waals surface area contributed by atoms with E-state index in [-0.39, 0.29) is 11.9 Å². The van der Waals surface area contributed by atoms with Gasteiger partial charge in [0.1, 0.15) is 5.52 Å². The quantitative estimate of drug-likeness (QED) is 0.702. The summed E-state index contributed by atoms with van der Waals surface area (Å²) in [5, 5.41) is 5.80. The summed E-state index contributed by atoms with van der Waals surface area (Å²) in [6, 6.07) is 5.68. The molecule has 7 heteroatoms. The van der Waals surface area contributed by atoms with E-state index in [1.54, 1.807) is 6.07 Å². The molecular formula is C17H19ClN4OS. The van der Waals surface area contributed by atoms with E-state index in [1.165, 1.54) is 11.3 Å². The maximum absolute atomic E-state index is 12.7. The predicted octanol–water partition coefficient (Wildman–Crippen LogP) is 5.10. The third-order valence-electron chi connectivity index (χ3n) is 3.77. The van der Waals surface area contributed by atoms with E-state index in [4.69, 9.17) is 11.6 Å². The summed E-state index contributed by atoms with van der Waals surface area (Å²) in [6.45, 7) is 8.20. The molecule has 0 radical (unpaired) electrons. The van der Waals surface area contributed by atoms with E-state index in [0.717, 1.165) is 11.2 Å². The van der Waals surface area contributed by atoms with Crippen LogP contribution in [0.4, 0.5) is 5.13 Å². The molecule has 1 aromatic carbocycles. The van der Waals surface area contributed by atoms with Crippen LogP contribution in [0.3, 0.4) is 0 Å². The summed E-state index contributed by atoms with van der Waals surface area (Å²) in [5.74, 6) is 0.103. The number of fused-ring (bicyclic) bond motifs is 1. The molecule has 0 aliphatic rings. The molecule has 0 aliphatic carbocycles. The van der Waals surface area contributed by atoms with Crippen molar-refractivity contribution in [3.05, 3.63) is 40.1 Å². The Bertz CT molecular complexity index is 897. The number of anilines is 1. The molecule has 0 bridgehead atoms. The molecule has 5 nitrogen and oxygen atoms in total. The van der Waals surface area contributed by atoms with Gasteiger partial charge in [-0.3, -0.25) is 10.1 Å². The summed E-state index contributed by atoms with van der Waals surface area (Å²) in [4.78, 5) is 21.5. The molecule has 3 aromatic rings. The third kappa shape index (κ3) is 3.03. The Morgan fingerprint density at radius 1 is 1.25 bits per heavy atom. The van der Waals surface area contributed by atoms with Crippen molar-refractivity contribution in [3.8, 4) is 0 Å². The fourth-order valence-electron chi connectivity index (χ4n) is 2.54. The van der Waals surface area contributed by atoms with Gasteiger partial charge in [0.15, 0.2) is 5.13 Å². The lowest BCUT2D eigenvalue weighted by Gasteiger charge is -2.09. The Morgan fingerprint density at radius 3 is 2.62 bits per heavy atom. The van der Waals surface area contributed by atoms with Crippen LogP contribution < -0.4 is 5.32 Å². The monoisotopic (exact) mass is 362 g/mol. The van der Waals surface area contributed by atoms with Crippen LogP contribution in [0.25, 0.3) is 11.0 Å². The zero-order chi connectivity index (χ0) is 17.4. The predicted molar refractivity (Wildman–Crippen MR) is 99.3 cm³/mol. The van der Waals surface area contributed by atoms with Gasteiger partial charge in [0, 0.05) is 11.4 Å². The normalized spacial score (nSPS) is 11.6. The number of imidazole rings is 1. The van der Waals surface area contributed by atoms with Crippen molar-refractivity contribution in [2.24, 2.45) is 0 Å². The SMILES string of the molecule is CC(C)c1csc(NC(=O)c2cccc3c2nc(Cl)n3C(C)C)n1. The average Bonchev–Trinajstić information content (AvgIpc) is 3.09. The molecule has 0 unspecified atom stereocenters. The number of amides is 1. The van der Waals surface area contributed by atoms with Gasteiger partial charge < -0.3 is 4.57 Å². The third-order valence-corrected chi connectivity index (χ3v) is 4.81. The number of carbonyl (C=O) groups excluding carboxylic acids is 1.